The molecule has 3 aromatic heterocycles. The van der Waals surface area contributed by atoms with E-state index in [1.54, 1.807) is 15.9 Å². The molecule has 6 nitrogen and oxygen atoms in total. The molecule has 0 atom stereocenters. The summed E-state index contributed by atoms with van der Waals surface area (Å²) in [6, 6.07) is 2.06. The molecule has 3 heterocycles. The maximum atomic E-state index is 12.0. The summed E-state index contributed by atoms with van der Waals surface area (Å²) < 4.78 is 1.73. The summed E-state index contributed by atoms with van der Waals surface area (Å²) in [7, 11) is 0. The second-order valence-electron chi connectivity index (χ2n) is 5.61. The third-order valence-electron chi connectivity index (χ3n) is 3.99. The number of aryl methyl sites for hydroxylation is 3. The van der Waals surface area contributed by atoms with E-state index < -0.39 is 0 Å². The van der Waals surface area contributed by atoms with Gasteiger partial charge in [0.05, 0.1) is 12.3 Å². The zero-order valence-electron chi connectivity index (χ0n) is 14.1. The van der Waals surface area contributed by atoms with Crippen molar-refractivity contribution in [3.63, 3.8) is 0 Å². The van der Waals surface area contributed by atoms with Crippen LogP contribution in [0.5, 0.6) is 0 Å². The van der Waals surface area contributed by atoms with Gasteiger partial charge in [-0.1, -0.05) is 11.8 Å². The van der Waals surface area contributed by atoms with E-state index in [0.29, 0.717) is 17.5 Å². The number of aromatic nitrogens is 4. The van der Waals surface area contributed by atoms with Crippen LogP contribution in [0.2, 0.25) is 0 Å². The molecule has 126 valence electrons. The molecule has 0 fully saturated rings. The average molecular weight is 361 g/mol. The van der Waals surface area contributed by atoms with Gasteiger partial charge in [0.25, 0.3) is 5.78 Å². The quantitative estimate of drug-likeness (QED) is 0.708. The van der Waals surface area contributed by atoms with Crippen molar-refractivity contribution in [3.05, 3.63) is 38.8 Å². The summed E-state index contributed by atoms with van der Waals surface area (Å²) in [5, 5.41) is 9.97. The first-order valence-electron chi connectivity index (χ1n) is 7.58. The largest absolute Gasteiger partial charge is 0.350 e. The zero-order valence-corrected chi connectivity index (χ0v) is 15.7. The molecule has 1 N–H and O–H groups in total. The smallest absolute Gasteiger partial charge is 0.253 e. The molecule has 0 bridgehead atoms. The molecule has 0 saturated heterocycles. The molecule has 0 saturated carbocycles. The molecule has 1 amide bonds. The minimum atomic E-state index is -0.0244. The SMILES string of the molecule is Cc1ccsc1CNC(=O)CSc1nc2nc(C)c(C)c(C)n2n1. The standard InChI is InChI=1S/C16H19N5OS2/c1-9-5-6-23-13(9)7-17-14(22)8-24-16-19-15-18-11(3)10(2)12(4)21(15)20-16/h5-6H,7-8H2,1-4H3,(H,17,22). The van der Waals surface area contributed by atoms with Crippen molar-refractivity contribution < 1.29 is 4.79 Å². The fourth-order valence-electron chi connectivity index (χ4n) is 2.24. The molecule has 3 aromatic rings. The number of fused-ring (bicyclic) bond motifs is 1. The molecule has 0 aliphatic rings. The van der Waals surface area contributed by atoms with Crippen LogP contribution in [0.4, 0.5) is 0 Å². The Kier molecular flexibility index (Phi) is 4.86. The second-order valence-corrected chi connectivity index (χ2v) is 7.55. The van der Waals surface area contributed by atoms with E-state index in [4.69, 9.17) is 0 Å². The van der Waals surface area contributed by atoms with Gasteiger partial charge >= 0.3 is 0 Å². The van der Waals surface area contributed by atoms with Gasteiger partial charge < -0.3 is 5.32 Å². The molecule has 24 heavy (non-hydrogen) atoms. The van der Waals surface area contributed by atoms with Gasteiger partial charge in [-0.15, -0.1) is 16.4 Å². The van der Waals surface area contributed by atoms with Gasteiger partial charge in [-0.05, 0) is 50.3 Å². The maximum Gasteiger partial charge on any atom is 0.253 e. The van der Waals surface area contributed by atoms with Crippen LogP contribution >= 0.6 is 23.1 Å². The molecule has 3 rings (SSSR count). The van der Waals surface area contributed by atoms with Gasteiger partial charge in [-0.25, -0.2) is 9.50 Å². The topological polar surface area (TPSA) is 72.2 Å². The zero-order chi connectivity index (χ0) is 17.3. The van der Waals surface area contributed by atoms with Crippen molar-refractivity contribution in [2.75, 3.05) is 5.75 Å². The Hall–Kier alpha value is -1.93. The first-order valence-corrected chi connectivity index (χ1v) is 9.45. The summed E-state index contributed by atoms with van der Waals surface area (Å²) in [6.45, 7) is 8.60. The number of thiophene rings is 1. The summed E-state index contributed by atoms with van der Waals surface area (Å²) in [6.07, 6.45) is 0. The number of hydrogen-bond donors (Lipinski definition) is 1. The lowest BCUT2D eigenvalue weighted by molar-refractivity contribution is -0.118. The first-order chi connectivity index (χ1) is 11.5. The number of nitrogens with one attached hydrogen (secondary N) is 1. The van der Waals surface area contributed by atoms with Crippen LogP contribution in [0.3, 0.4) is 0 Å². The average Bonchev–Trinajstić information content (AvgIpc) is 3.15. The molecular formula is C16H19N5OS2. The highest BCUT2D eigenvalue weighted by molar-refractivity contribution is 7.99. The molecule has 0 aliphatic heterocycles. The van der Waals surface area contributed by atoms with Gasteiger partial charge in [0, 0.05) is 16.3 Å². The first kappa shape index (κ1) is 16.9. The highest BCUT2D eigenvalue weighted by Crippen LogP contribution is 2.18. The van der Waals surface area contributed by atoms with Crippen LogP contribution in [0.25, 0.3) is 5.78 Å². The van der Waals surface area contributed by atoms with E-state index in [2.05, 4.69) is 26.4 Å². The van der Waals surface area contributed by atoms with Gasteiger partial charge in [-0.3, -0.25) is 4.79 Å². The Morgan fingerprint density at radius 3 is 2.79 bits per heavy atom. The number of thioether (sulfide) groups is 1. The fourth-order valence-corrected chi connectivity index (χ4v) is 3.74. The maximum absolute atomic E-state index is 12.0. The van der Waals surface area contributed by atoms with E-state index in [-0.39, 0.29) is 11.7 Å². The predicted octanol–water partition coefficient (Wildman–Crippen LogP) is 2.83. The summed E-state index contributed by atoms with van der Waals surface area (Å²) in [4.78, 5) is 22.0. The number of rotatable bonds is 5. The molecule has 0 unspecified atom stereocenters. The van der Waals surface area contributed by atoms with Crippen molar-refractivity contribution in [1.29, 1.82) is 0 Å². The van der Waals surface area contributed by atoms with Crippen molar-refractivity contribution in [3.8, 4) is 0 Å². The minimum Gasteiger partial charge on any atom is -0.350 e. The third-order valence-corrected chi connectivity index (χ3v) is 5.85. The minimum absolute atomic E-state index is 0.0244. The Morgan fingerprint density at radius 2 is 2.08 bits per heavy atom. The number of hydrogen-bond acceptors (Lipinski definition) is 6. The number of carbonyl (C=O) groups excluding carboxylic acids is 1. The molecular weight excluding hydrogens is 342 g/mol. The van der Waals surface area contributed by atoms with Gasteiger partial charge in [0.1, 0.15) is 0 Å². The van der Waals surface area contributed by atoms with E-state index >= 15 is 0 Å². The van der Waals surface area contributed by atoms with Crippen LogP contribution in [0, 0.1) is 27.7 Å². The van der Waals surface area contributed by atoms with Crippen molar-refractivity contribution >= 4 is 34.8 Å². The summed E-state index contributed by atoms with van der Waals surface area (Å²) in [5.74, 6) is 0.842. The van der Waals surface area contributed by atoms with Crippen LogP contribution in [0.15, 0.2) is 16.6 Å². The van der Waals surface area contributed by atoms with Crippen LogP contribution in [-0.4, -0.2) is 31.2 Å². The van der Waals surface area contributed by atoms with E-state index in [1.165, 1.54) is 22.2 Å². The lowest BCUT2D eigenvalue weighted by atomic mass is 10.2. The Morgan fingerprint density at radius 1 is 1.29 bits per heavy atom. The molecule has 0 spiro atoms. The number of nitrogens with zero attached hydrogens (tertiary/aromatic N) is 4. The van der Waals surface area contributed by atoms with Crippen LogP contribution in [-0.2, 0) is 11.3 Å². The second kappa shape index (κ2) is 6.90. The lowest BCUT2D eigenvalue weighted by Crippen LogP contribution is -2.24. The summed E-state index contributed by atoms with van der Waals surface area (Å²) >= 11 is 2.98. The molecule has 8 heteroatoms. The summed E-state index contributed by atoms with van der Waals surface area (Å²) in [5.41, 5.74) is 4.29. The van der Waals surface area contributed by atoms with Crippen molar-refractivity contribution in [2.45, 2.75) is 39.4 Å². The number of carbonyl (C=O) groups is 1. The Labute approximate surface area is 148 Å². The van der Waals surface area contributed by atoms with Gasteiger partial charge in [0.2, 0.25) is 11.1 Å². The van der Waals surface area contributed by atoms with E-state index in [0.717, 1.165) is 17.0 Å². The van der Waals surface area contributed by atoms with Gasteiger partial charge in [0.15, 0.2) is 0 Å². The third kappa shape index (κ3) is 3.44. The van der Waals surface area contributed by atoms with Gasteiger partial charge in [-0.2, -0.15) is 4.98 Å². The molecule has 0 aliphatic carbocycles. The monoisotopic (exact) mass is 361 g/mol. The lowest BCUT2D eigenvalue weighted by Gasteiger charge is -2.04. The molecule has 0 aromatic carbocycles. The predicted molar refractivity (Wildman–Crippen MR) is 96.6 cm³/mol. The van der Waals surface area contributed by atoms with Crippen LogP contribution < -0.4 is 5.32 Å². The van der Waals surface area contributed by atoms with Crippen LogP contribution in [0.1, 0.15) is 27.4 Å². The fraction of sp³-hybridized carbons (Fsp3) is 0.375. The highest BCUT2D eigenvalue weighted by atomic mass is 32.2. The van der Waals surface area contributed by atoms with E-state index in [1.807, 2.05) is 33.1 Å². The Bertz CT molecular complexity index is 899. The van der Waals surface area contributed by atoms with Crippen molar-refractivity contribution in [1.82, 2.24) is 24.9 Å². The Balaban J connectivity index is 1.62. The normalized spacial score (nSPS) is 11.2. The molecule has 0 radical (unpaired) electrons. The van der Waals surface area contributed by atoms with Crippen molar-refractivity contribution in [2.24, 2.45) is 0 Å². The van der Waals surface area contributed by atoms with E-state index in [9.17, 15) is 4.79 Å². The number of amides is 1. The highest BCUT2D eigenvalue weighted by Gasteiger charge is 2.12.